The minimum absolute atomic E-state index is 0.00897. The Labute approximate surface area is 174 Å². The molecular formula is C20H19ClN2O5S. The van der Waals surface area contributed by atoms with Crippen LogP contribution >= 0.6 is 11.6 Å². The Morgan fingerprint density at radius 2 is 1.79 bits per heavy atom. The summed E-state index contributed by atoms with van der Waals surface area (Å²) in [6.45, 7) is 0.994. The van der Waals surface area contributed by atoms with Crippen molar-refractivity contribution in [2.45, 2.75) is 17.7 Å². The van der Waals surface area contributed by atoms with Crippen molar-refractivity contribution in [3.05, 3.63) is 58.6 Å². The minimum atomic E-state index is -3.66. The molecule has 29 heavy (non-hydrogen) atoms. The van der Waals surface area contributed by atoms with Crippen molar-refractivity contribution >= 4 is 27.6 Å². The smallest absolute Gasteiger partial charge is 0.339 e. The molecule has 0 spiro atoms. The van der Waals surface area contributed by atoms with Crippen LogP contribution in [0.4, 0.5) is 0 Å². The Morgan fingerprint density at radius 1 is 1.10 bits per heavy atom. The van der Waals surface area contributed by atoms with Crippen LogP contribution in [-0.4, -0.2) is 45.0 Å². The molecule has 0 radical (unpaired) electrons. The summed E-state index contributed by atoms with van der Waals surface area (Å²) in [5, 5.41) is 8.88. The lowest BCUT2D eigenvalue weighted by Gasteiger charge is -2.16. The van der Waals surface area contributed by atoms with E-state index in [1.165, 1.54) is 22.5 Å². The number of ether oxygens (including phenoxy) is 2. The number of rotatable bonds is 7. The fourth-order valence-electron chi connectivity index (χ4n) is 2.90. The molecule has 1 aliphatic rings. The van der Waals surface area contributed by atoms with Crippen molar-refractivity contribution in [3.8, 4) is 11.8 Å². The molecular weight excluding hydrogens is 416 g/mol. The first kappa shape index (κ1) is 21.1. The minimum Gasteiger partial charge on any atom is -0.490 e. The third-order valence-electron chi connectivity index (χ3n) is 4.43. The largest absolute Gasteiger partial charge is 0.490 e. The number of halogens is 1. The van der Waals surface area contributed by atoms with Gasteiger partial charge >= 0.3 is 5.97 Å². The standard InChI is InChI=1S/C20H19ClN2O5S/c21-19-8-7-17(29(25,26)23-9-1-2-10-23)13-18(19)20(24)28-12-11-27-16-5-3-15(14-22)4-6-16/h3-8,13H,1-2,9-12H2. The molecule has 0 aliphatic carbocycles. The highest BCUT2D eigenvalue weighted by Gasteiger charge is 2.28. The molecule has 1 aliphatic heterocycles. The zero-order valence-corrected chi connectivity index (χ0v) is 17.1. The highest BCUT2D eigenvalue weighted by atomic mass is 35.5. The van der Waals surface area contributed by atoms with E-state index >= 15 is 0 Å². The summed E-state index contributed by atoms with van der Waals surface area (Å²) >= 11 is 6.07. The Hall–Kier alpha value is -2.60. The van der Waals surface area contributed by atoms with Gasteiger partial charge in [-0.15, -0.1) is 0 Å². The average molecular weight is 435 g/mol. The van der Waals surface area contributed by atoms with Gasteiger partial charge in [-0.05, 0) is 55.3 Å². The summed E-state index contributed by atoms with van der Waals surface area (Å²) < 4.78 is 37.4. The van der Waals surface area contributed by atoms with Crippen LogP contribution in [0.3, 0.4) is 0 Å². The zero-order chi connectivity index (χ0) is 20.9. The Morgan fingerprint density at radius 3 is 2.45 bits per heavy atom. The predicted molar refractivity (Wildman–Crippen MR) is 106 cm³/mol. The zero-order valence-electron chi connectivity index (χ0n) is 15.5. The van der Waals surface area contributed by atoms with E-state index in [1.54, 1.807) is 24.3 Å². The van der Waals surface area contributed by atoms with Crippen LogP contribution in [0, 0.1) is 11.3 Å². The molecule has 0 saturated carbocycles. The number of hydrogen-bond acceptors (Lipinski definition) is 6. The van der Waals surface area contributed by atoms with Gasteiger partial charge in [0.1, 0.15) is 19.0 Å². The number of nitriles is 1. The molecule has 0 aromatic heterocycles. The van der Waals surface area contributed by atoms with E-state index in [9.17, 15) is 13.2 Å². The van der Waals surface area contributed by atoms with Crippen LogP contribution in [0.15, 0.2) is 47.4 Å². The fourth-order valence-corrected chi connectivity index (χ4v) is 4.63. The second-order valence-electron chi connectivity index (χ2n) is 6.37. The maximum Gasteiger partial charge on any atom is 0.339 e. The van der Waals surface area contributed by atoms with E-state index < -0.39 is 16.0 Å². The van der Waals surface area contributed by atoms with Gasteiger partial charge in [0.25, 0.3) is 0 Å². The molecule has 152 valence electrons. The van der Waals surface area contributed by atoms with Gasteiger partial charge in [0.2, 0.25) is 10.0 Å². The number of carbonyl (C=O) groups excluding carboxylic acids is 1. The van der Waals surface area contributed by atoms with Crippen LogP contribution in [0.5, 0.6) is 5.75 Å². The molecule has 1 heterocycles. The SMILES string of the molecule is N#Cc1ccc(OCCOC(=O)c2cc(S(=O)(=O)N3CCCC3)ccc2Cl)cc1. The van der Waals surface area contributed by atoms with Gasteiger partial charge in [0, 0.05) is 13.1 Å². The van der Waals surface area contributed by atoms with Crippen molar-refractivity contribution < 1.29 is 22.7 Å². The highest BCUT2D eigenvalue weighted by Crippen LogP contribution is 2.25. The predicted octanol–water partition coefficient (Wildman–Crippen LogP) is 3.23. The van der Waals surface area contributed by atoms with E-state index in [0.717, 1.165) is 12.8 Å². The lowest BCUT2D eigenvalue weighted by atomic mass is 10.2. The Kier molecular flexibility index (Phi) is 6.75. The molecule has 1 fully saturated rings. The third kappa shape index (κ3) is 5.07. The van der Waals surface area contributed by atoms with Gasteiger partial charge < -0.3 is 9.47 Å². The number of sulfonamides is 1. The summed E-state index contributed by atoms with van der Waals surface area (Å²) in [7, 11) is -3.66. The number of benzene rings is 2. The second-order valence-corrected chi connectivity index (χ2v) is 8.72. The molecule has 2 aromatic carbocycles. The van der Waals surface area contributed by atoms with Gasteiger partial charge in [-0.3, -0.25) is 0 Å². The summed E-state index contributed by atoms with van der Waals surface area (Å²) in [5.74, 6) is -0.186. The summed E-state index contributed by atoms with van der Waals surface area (Å²) in [4.78, 5) is 12.4. The van der Waals surface area contributed by atoms with Gasteiger partial charge in [0.15, 0.2) is 0 Å². The molecule has 0 amide bonds. The molecule has 0 unspecified atom stereocenters. The second kappa shape index (κ2) is 9.27. The van der Waals surface area contributed by atoms with Crippen molar-refractivity contribution in [2.75, 3.05) is 26.3 Å². The summed E-state index contributed by atoms with van der Waals surface area (Å²) in [5.41, 5.74) is 0.507. The van der Waals surface area contributed by atoms with Gasteiger partial charge in [-0.1, -0.05) is 11.6 Å². The molecule has 9 heteroatoms. The summed E-state index contributed by atoms with van der Waals surface area (Å²) in [6, 6.07) is 12.6. The van der Waals surface area contributed by atoms with E-state index in [-0.39, 0.29) is 28.7 Å². The van der Waals surface area contributed by atoms with Gasteiger partial charge in [-0.2, -0.15) is 9.57 Å². The molecule has 3 rings (SSSR count). The molecule has 0 N–H and O–H groups in total. The normalized spacial score (nSPS) is 14.3. The van der Waals surface area contributed by atoms with Crippen molar-refractivity contribution in [2.24, 2.45) is 0 Å². The maximum absolute atomic E-state index is 12.7. The molecule has 7 nitrogen and oxygen atoms in total. The Balaban J connectivity index is 1.60. The lowest BCUT2D eigenvalue weighted by molar-refractivity contribution is 0.0450. The first-order chi connectivity index (χ1) is 13.9. The lowest BCUT2D eigenvalue weighted by Crippen LogP contribution is -2.28. The third-order valence-corrected chi connectivity index (χ3v) is 6.65. The molecule has 0 bridgehead atoms. The number of nitrogens with zero attached hydrogens (tertiary/aromatic N) is 2. The van der Waals surface area contributed by atoms with Gasteiger partial charge in [-0.25, -0.2) is 13.2 Å². The van der Waals surface area contributed by atoms with Gasteiger partial charge in [0.05, 0.1) is 27.1 Å². The number of esters is 1. The summed E-state index contributed by atoms with van der Waals surface area (Å²) in [6.07, 6.45) is 1.64. The van der Waals surface area contributed by atoms with E-state index in [4.69, 9.17) is 26.3 Å². The van der Waals surface area contributed by atoms with E-state index in [1.807, 2.05) is 6.07 Å². The quantitative estimate of drug-likeness (QED) is 0.490. The van der Waals surface area contributed by atoms with Crippen molar-refractivity contribution in [1.29, 1.82) is 5.26 Å². The monoisotopic (exact) mass is 434 g/mol. The first-order valence-electron chi connectivity index (χ1n) is 9.01. The van der Waals surface area contributed by atoms with Crippen molar-refractivity contribution in [1.82, 2.24) is 4.31 Å². The van der Waals surface area contributed by atoms with Crippen molar-refractivity contribution in [3.63, 3.8) is 0 Å². The Bertz CT molecular complexity index is 1030. The van der Waals surface area contributed by atoms with Crippen LogP contribution < -0.4 is 4.74 Å². The molecule has 1 saturated heterocycles. The molecule has 2 aromatic rings. The van der Waals surface area contributed by atoms with Crippen LogP contribution in [-0.2, 0) is 14.8 Å². The fraction of sp³-hybridized carbons (Fsp3) is 0.300. The van der Waals surface area contributed by atoms with E-state index in [2.05, 4.69) is 0 Å². The first-order valence-corrected chi connectivity index (χ1v) is 10.8. The topological polar surface area (TPSA) is 96.7 Å². The van der Waals surface area contributed by atoms with Crippen LogP contribution in [0.1, 0.15) is 28.8 Å². The number of carbonyl (C=O) groups is 1. The van der Waals surface area contributed by atoms with E-state index in [0.29, 0.717) is 24.4 Å². The average Bonchev–Trinajstić information content (AvgIpc) is 3.27. The van der Waals surface area contributed by atoms with Crippen LogP contribution in [0.2, 0.25) is 5.02 Å². The van der Waals surface area contributed by atoms with Crippen LogP contribution in [0.25, 0.3) is 0 Å². The maximum atomic E-state index is 12.7. The molecule has 0 atom stereocenters. The number of hydrogen-bond donors (Lipinski definition) is 0. The highest BCUT2D eigenvalue weighted by molar-refractivity contribution is 7.89.